The van der Waals surface area contributed by atoms with Gasteiger partial charge in [-0.15, -0.1) is 0 Å². The number of rotatable bonds is 4. The highest BCUT2D eigenvalue weighted by Crippen LogP contribution is 2.44. The second kappa shape index (κ2) is 9.91. The van der Waals surface area contributed by atoms with Crippen LogP contribution < -0.4 is 0 Å². The van der Waals surface area contributed by atoms with E-state index in [9.17, 15) is 0 Å². The smallest absolute Gasteiger partial charge is 0.0378 e. The van der Waals surface area contributed by atoms with E-state index in [2.05, 4.69) is 132 Å². The number of pyridine rings is 2. The zero-order valence-electron chi connectivity index (χ0n) is 22.6. The van der Waals surface area contributed by atoms with Gasteiger partial charge in [0.25, 0.3) is 0 Å². The molecule has 0 aliphatic heterocycles. The zero-order chi connectivity index (χ0) is 27.1. The van der Waals surface area contributed by atoms with E-state index in [4.69, 9.17) is 0 Å². The van der Waals surface area contributed by atoms with E-state index in [-0.39, 0.29) is 0 Å². The van der Waals surface area contributed by atoms with Crippen LogP contribution in [0.2, 0.25) is 0 Å². The van der Waals surface area contributed by atoms with Crippen molar-refractivity contribution in [1.29, 1.82) is 0 Å². The van der Waals surface area contributed by atoms with Gasteiger partial charge in [0.2, 0.25) is 0 Å². The second-order valence-corrected chi connectivity index (χ2v) is 10.4. The Morgan fingerprint density at radius 2 is 1.02 bits per heavy atom. The minimum absolute atomic E-state index is 1.02. The summed E-state index contributed by atoms with van der Waals surface area (Å²) < 4.78 is 0. The molecule has 0 saturated heterocycles. The summed E-state index contributed by atoms with van der Waals surface area (Å²) in [6.45, 7) is 4.17. The highest BCUT2D eigenvalue weighted by atomic mass is 14.6. The third-order valence-corrected chi connectivity index (χ3v) is 7.84. The molecule has 0 N–H and O–H groups in total. The fourth-order valence-corrected chi connectivity index (χ4v) is 5.91. The number of aromatic nitrogens is 2. The number of hydrogen-bond acceptors (Lipinski definition) is 2. The first-order valence-electron chi connectivity index (χ1n) is 13.7. The standard InChI is InChI=1S/C38H28N2/c1-25-18-20-39-24-36(25)27-14-16-28(17-15-27)37-32-10-3-5-12-34(32)38(35-13-6-4-11-33(35)37)31-9-7-8-29(23-31)30-19-21-40-26(2)22-30/h3-24H,1-2H3. The summed E-state index contributed by atoms with van der Waals surface area (Å²) in [4.78, 5) is 8.74. The molecule has 7 rings (SSSR count). The van der Waals surface area contributed by atoms with Crippen molar-refractivity contribution in [3.63, 3.8) is 0 Å². The fraction of sp³-hybridized carbons (Fsp3) is 0.0526. The lowest BCUT2D eigenvalue weighted by Crippen LogP contribution is -1.92. The van der Waals surface area contributed by atoms with Gasteiger partial charge < -0.3 is 0 Å². The van der Waals surface area contributed by atoms with Gasteiger partial charge in [0.05, 0.1) is 0 Å². The van der Waals surface area contributed by atoms with E-state index in [1.807, 2.05) is 25.5 Å². The summed E-state index contributed by atoms with van der Waals surface area (Å²) in [7, 11) is 0. The molecule has 0 fully saturated rings. The summed E-state index contributed by atoms with van der Waals surface area (Å²) in [6.07, 6.45) is 5.68. The quantitative estimate of drug-likeness (QED) is 0.219. The Kier molecular flexibility index (Phi) is 5.94. The van der Waals surface area contributed by atoms with Gasteiger partial charge in [-0.3, -0.25) is 9.97 Å². The fourth-order valence-electron chi connectivity index (χ4n) is 5.91. The van der Waals surface area contributed by atoms with E-state index in [0.717, 1.165) is 5.69 Å². The summed E-state index contributed by atoms with van der Waals surface area (Å²) in [5.74, 6) is 0. The van der Waals surface area contributed by atoms with Crippen molar-refractivity contribution < 1.29 is 0 Å². The maximum atomic E-state index is 4.39. The Hall–Kier alpha value is -5.08. The molecule has 0 bridgehead atoms. The van der Waals surface area contributed by atoms with E-state index in [1.54, 1.807) is 0 Å². The molecule has 2 heterocycles. The molecule has 0 amide bonds. The molecular weight excluding hydrogens is 484 g/mol. The van der Waals surface area contributed by atoms with Crippen molar-refractivity contribution in [2.45, 2.75) is 13.8 Å². The normalized spacial score (nSPS) is 11.2. The molecule has 40 heavy (non-hydrogen) atoms. The zero-order valence-corrected chi connectivity index (χ0v) is 22.6. The SMILES string of the molecule is Cc1cc(-c2cccc(-c3c4ccccc4c(-c4ccc(-c5cnccc5C)cc4)c4ccccc34)c2)ccn1. The molecule has 5 aromatic carbocycles. The Morgan fingerprint density at radius 3 is 1.65 bits per heavy atom. The van der Waals surface area contributed by atoms with Crippen molar-refractivity contribution >= 4 is 21.5 Å². The Morgan fingerprint density at radius 1 is 0.450 bits per heavy atom. The largest absolute Gasteiger partial charge is 0.264 e. The van der Waals surface area contributed by atoms with Crippen molar-refractivity contribution in [3.05, 3.63) is 145 Å². The molecule has 2 heteroatoms. The second-order valence-electron chi connectivity index (χ2n) is 10.4. The van der Waals surface area contributed by atoms with Crippen LogP contribution in [0.25, 0.3) is 66.1 Å². The molecule has 0 aliphatic rings. The highest BCUT2D eigenvalue weighted by molar-refractivity contribution is 6.21. The highest BCUT2D eigenvalue weighted by Gasteiger charge is 2.17. The van der Waals surface area contributed by atoms with Crippen LogP contribution >= 0.6 is 0 Å². The third-order valence-electron chi connectivity index (χ3n) is 7.84. The summed E-state index contributed by atoms with van der Waals surface area (Å²) in [5.41, 5.74) is 11.9. The Bertz CT molecular complexity index is 1960. The minimum Gasteiger partial charge on any atom is -0.264 e. The lowest BCUT2D eigenvalue weighted by Gasteiger charge is -2.18. The molecule has 0 spiro atoms. The van der Waals surface area contributed by atoms with Crippen LogP contribution in [0.4, 0.5) is 0 Å². The molecular formula is C38H28N2. The predicted octanol–water partition coefficient (Wildman–Crippen LogP) is 10.1. The van der Waals surface area contributed by atoms with Crippen molar-refractivity contribution in [1.82, 2.24) is 9.97 Å². The van der Waals surface area contributed by atoms with E-state index in [0.29, 0.717) is 0 Å². The third kappa shape index (κ3) is 4.15. The molecule has 7 aromatic rings. The maximum absolute atomic E-state index is 4.39. The number of aryl methyl sites for hydroxylation is 2. The Balaban J connectivity index is 1.45. The summed E-state index contributed by atoms with van der Waals surface area (Å²) >= 11 is 0. The molecule has 2 nitrogen and oxygen atoms in total. The number of fused-ring (bicyclic) bond motifs is 2. The molecule has 0 aliphatic carbocycles. The van der Waals surface area contributed by atoms with Gasteiger partial charge >= 0.3 is 0 Å². The van der Waals surface area contributed by atoms with Crippen LogP contribution in [-0.4, -0.2) is 9.97 Å². The number of nitrogens with zero attached hydrogens (tertiary/aromatic N) is 2. The van der Waals surface area contributed by atoms with Crippen molar-refractivity contribution in [2.24, 2.45) is 0 Å². The minimum atomic E-state index is 1.02. The van der Waals surface area contributed by atoms with Gasteiger partial charge in [0.1, 0.15) is 0 Å². The molecule has 0 radical (unpaired) electrons. The topological polar surface area (TPSA) is 25.8 Å². The summed E-state index contributed by atoms with van der Waals surface area (Å²) in [6, 6.07) is 41.8. The first-order chi connectivity index (χ1) is 19.7. The van der Waals surface area contributed by atoms with Gasteiger partial charge in [-0.1, -0.05) is 91.0 Å². The van der Waals surface area contributed by atoms with E-state index in [1.165, 1.54) is 71.6 Å². The van der Waals surface area contributed by atoms with E-state index < -0.39 is 0 Å². The van der Waals surface area contributed by atoms with Gasteiger partial charge in [0.15, 0.2) is 0 Å². The van der Waals surface area contributed by atoms with Crippen molar-refractivity contribution in [2.75, 3.05) is 0 Å². The number of hydrogen-bond donors (Lipinski definition) is 0. The Labute approximate surface area is 234 Å². The lowest BCUT2D eigenvalue weighted by atomic mass is 9.85. The number of benzene rings is 5. The summed E-state index contributed by atoms with van der Waals surface area (Å²) in [5, 5.41) is 5.02. The average Bonchev–Trinajstić information content (AvgIpc) is 3.00. The van der Waals surface area contributed by atoms with Crippen LogP contribution in [0, 0.1) is 13.8 Å². The average molecular weight is 513 g/mol. The molecule has 2 aromatic heterocycles. The first kappa shape index (κ1) is 24.0. The van der Waals surface area contributed by atoms with Crippen molar-refractivity contribution in [3.8, 4) is 44.5 Å². The van der Waals surface area contributed by atoms with Gasteiger partial charge in [0, 0.05) is 29.8 Å². The molecule has 190 valence electrons. The van der Waals surface area contributed by atoms with Crippen LogP contribution in [0.3, 0.4) is 0 Å². The molecule has 0 unspecified atom stereocenters. The maximum Gasteiger partial charge on any atom is 0.0378 e. The van der Waals surface area contributed by atoms with Crippen LogP contribution in [0.15, 0.2) is 134 Å². The van der Waals surface area contributed by atoms with Crippen LogP contribution in [-0.2, 0) is 0 Å². The van der Waals surface area contributed by atoms with Gasteiger partial charge in [-0.05, 0) is 104 Å². The monoisotopic (exact) mass is 512 g/mol. The molecule has 0 saturated carbocycles. The first-order valence-corrected chi connectivity index (χ1v) is 13.7. The van der Waals surface area contributed by atoms with E-state index >= 15 is 0 Å². The van der Waals surface area contributed by atoms with Gasteiger partial charge in [-0.2, -0.15) is 0 Å². The molecule has 0 atom stereocenters. The lowest BCUT2D eigenvalue weighted by molar-refractivity contribution is 1.20. The predicted molar refractivity (Wildman–Crippen MR) is 168 cm³/mol. The van der Waals surface area contributed by atoms with Gasteiger partial charge in [-0.25, -0.2) is 0 Å². The van der Waals surface area contributed by atoms with Crippen LogP contribution in [0.1, 0.15) is 11.3 Å². The van der Waals surface area contributed by atoms with Crippen LogP contribution in [0.5, 0.6) is 0 Å².